The number of rotatable bonds is 2. The van der Waals surface area contributed by atoms with E-state index in [1.54, 1.807) is 0 Å². The van der Waals surface area contributed by atoms with Gasteiger partial charge in [0, 0.05) is 30.3 Å². The SMILES string of the molecule is CC1CN(Cc2ccc(Br)cn2)CC1C. The molecule has 0 aliphatic carbocycles. The molecular weight excluding hydrogens is 252 g/mol. The number of hydrogen-bond acceptors (Lipinski definition) is 2. The first-order valence-corrected chi connectivity index (χ1v) is 6.27. The lowest BCUT2D eigenvalue weighted by molar-refractivity contribution is 0.312. The second kappa shape index (κ2) is 4.62. The third-order valence-electron chi connectivity index (χ3n) is 3.24. The molecule has 82 valence electrons. The molecule has 0 radical (unpaired) electrons. The van der Waals surface area contributed by atoms with Gasteiger partial charge in [0.15, 0.2) is 0 Å². The maximum atomic E-state index is 4.40. The molecule has 0 aromatic carbocycles. The number of pyridine rings is 1. The van der Waals surface area contributed by atoms with Crippen molar-refractivity contribution in [3.05, 3.63) is 28.5 Å². The van der Waals surface area contributed by atoms with Gasteiger partial charge in [-0.2, -0.15) is 0 Å². The van der Waals surface area contributed by atoms with Crippen molar-refractivity contribution in [1.29, 1.82) is 0 Å². The third-order valence-corrected chi connectivity index (χ3v) is 3.71. The van der Waals surface area contributed by atoms with Crippen molar-refractivity contribution in [3.8, 4) is 0 Å². The summed E-state index contributed by atoms with van der Waals surface area (Å²) in [5, 5.41) is 0. The minimum Gasteiger partial charge on any atom is -0.297 e. The molecule has 0 saturated carbocycles. The fourth-order valence-electron chi connectivity index (χ4n) is 2.11. The Morgan fingerprint density at radius 3 is 2.53 bits per heavy atom. The van der Waals surface area contributed by atoms with Gasteiger partial charge in [-0.1, -0.05) is 13.8 Å². The minimum absolute atomic E-state index is 0.820. The van der Waals surface area contributed by atoms with Gasteiger partial charge in [-0.05, 0) is 39.9 Å². The Morgan fingerprint density at radius 1 is 1.33 bits per heavy atom. The van der Waals surface area contributed by atoms with Gasteiger partial charge in [-0.25, -0.2) is 0 Å². The van der Waals surface area contributed by atoms with Gasteiger partial charge in [0.1, 0.15) is 0 Å². The van der Waals surface area contributed by atoms with E-state index in [0.29, 0.717) is 0 Å². The first kappa shape index (κ1) is 11.1. The minimum atomic E-state index is 0.820. The van der Waals surface area contributed by atoms with Crippen molar-refractivity contribution in [1.82, 2.24) is 9.88 Å². The van der Waals surface area contributed by atoms with E-state index in [2.05, 4.69) is 51.8 Å². The van der Waals surface area contributed by atoms with E-state index in [0.717, 1.165) is 22.9 Å². The zero-order valence-corrected chi connectivity index (χ0v) is 10.9. The molecule has 1 saturated heterocycles. The molecule has 0 spiro atoms. The van der Waals surface area contributed by atoms with Crippen molar-refractivity contribution in [3.63, 3.8) is 0 Å². The summed E-state index contributed by atoms with van der Waals surface area (Å²) in [6.07, 6.45) is 1.87. The summed E-state index contributed by atoms with van der Waals surface area (Å²) in [5.74, 6) is 1.64. The van der Waals surface area contributed by atoms with Gasteiger partial charge in [0.2, 0.25) is 0 Å². The smallest absolute Gasteiger partial charge is 0.0544 e. The van der Waals surface area contributed by atoms with Crippen LogP contribution < -0.4 is 0 Å². The van der Waals surface area contributed by atoms with Crippen LogP contribution in [0, 0.1) is 11.8 Å². The fraction of sp³-hybridized carbons (Fsp3) is 0.583. The lowest BCUT2D eigenvalue weighted by Crippen LogP contribution is -2.20. The number of aromatic nitrogens is 1. The summed E-state index contributed by atoms with van der Waals surface area (Å²) in [5.41, 5.74) is 1.17. The number of hydrogen-bond donors (Lipinski definition) is 0. The lowest BCUT2D eigenvalue weighted by atomic mass is 10.0. The molecule has 1 aliphatic heterocycles. The molecule has 0 bridgehead atoms. The van der Waals surface area contributed by atoms with Gasteiger partial charge in [0.05, 0.1) is 5.69 Å². The van der Waals surface area contributed by atoms with E-state index in [1.807, 2.05) is 6.20 Å². The summed E-state index contributed by atoms with van der Waals surface area (Å²) in [6, 6.07) is 4.16. The van der Waals surface area contributed by atoms with Gasteiger partial charge in [-0.15, -0.1) is 0 Å². The Balaban J connectivity index is 1.95. The van der Waals surface area contributed by atoms with E-state index < -0.39 is 0 Å². The van der Waals surface area contributed by atoms with Gasteiger partial charge >= 0.3 is 0 Å². The van der Waals surface area contributed by atoms with E-state index in [1.165, 1.54) is 18.8 Å². The van der Waals surface area contributed by atoms with Crippen LogP contribution in [0.25, 0.3) is 0 Å². The Labute approximate surface area is 99.8 Å². The standard InChI is InChI=1S/C12H17BrN2/c1-9-6-15(7-10(9)2)8-12-4-3-11(13)5-14-12/h3-5,9-10H,6-8H2,1-2H3. The molecule has 0 N–H and O–H groups in total. The molecule has 1 aliphatic rings. The number of halogens is 1. The maximum absolute atomic E-state index is 4.40. The molecular formula is C12H17BrN2. The number of likely N-dealkylation sites (tertiary alicyclic amines) is 1. The first-order chi connectivity index (χ1) is 7.15. The Kier molecular flexibility index (Phi) is 3.42. The Bertz CT molecular complexity index is 313. The van der Waals surface area contributed by atoms with E-state index in [9.17, 15) is 0 Å². The highest BCUT2D eigenvalue weighted by atomic mass is 79.9. The van der Waals surface area contributed by atoms with Crippen LogP contribution in [0.2, 0.25) is 0 Å². The van der Waals surface area contributed by atoms with Crippen LogP contribution in [0.5, 0.6) is 0 Å². The highest BCUT2D eigenvalue weighted by Crippen LogP contribution is 2.23. The maximum Gasteiger partial charge on any atom is 0.0544 e. The highest BCUT2D eigenvalue weighted by Gasteiger charge is 2.25. The van der Waals surface area contributed by atoms with Crippen molar-refractivity contribution < 1.29 is 0 Å². The molecule has 2 unspecified atom stereocenters. The second-order valence-corrected chi connectivity index (χ2v) is 5.53. The average Bonchev–Trinajstić information content (AvgIpc) is 2.50. The summed E-state index contributed by atoms with van der Waals surface area (Å²) in [4.78, 5) is 6.89. The second-order valence-electron chi connectivity index (χ2n) is 4.62. The molecule has 0 amide bonds. The molecule has 2 atom stereocenters. The Hall–Kier alpha value is -0.410. The van der Waals surface area contributed by atoms with Gasteiger partial charge in [0.25, 0.3) is 0 Å². The third kappa shape index (κ3) is 2.79. The van der Waals surface area contributed by atoms with Crippen LogP contribution in [0.15, 0.2) is 22.8 Å². The van der Waals surface area contributed by atoms with Crippen LogP contribution in [-0.4, -0.2) is 23.0 Å². The Morgan fingerprint density at radius 2 is 2.00 bits per heavy atom. The average molecular weight is 269 g/mol. The van der Waals surface area contributed by atoms with Crippen LogP contribution in [0.1, 0.15) is 19.5 Å². The predicted molar refractivity (Wildman–Crippen MR) is 65.5 cm³/mol. The first-order valence-electron chi connectivity index (χ1n) is 5.48. The quantitative estimate of drug-likeness (QED) is 0.820. The topological polar surface area (TPSA) is 16.1 Å². The van der Waals surface area contributed by atoms with Crippen molar-refractivity contribution in [2.75, 3.05) is 13.1 Å². The molecule has 1 aromatic rings. The number of nitrogens with zero attached hydrogens (tertiary/aromatic N) is 2. The van der Waals surface area contributed by atoms with Crippen LogP contribution in [0.3, 0.4) is 0 Å². The van der Waals surface area contributed by atoms with Crippen molar-refractivity contribution in [2.24, 2.45) is 11.8 Å². The monoisotopic (exact) mass is 268 g/mol. The summed E-state index contributed by atoms with van der Waals surface area (Å²) >= 11 is 3.40. The molecule has 15 heavy (non-hydrogen) atoms. The zero-order chi connectivity index (χ0) is 10.8. The van der Waals surface area contributed by atoms with Crippen molar-refractivity contribution in [2.45, 2.75) is 20.4 Å². The summed E-state index contributed by atoms with van der Waals surface area (Å²) in [6.45, 7) is 8.07. The summed E-state index contributed by atoms with van der Waals surface area (Å²) in [7, 11) is 0. The molecule has 2 heterocycles. The largest absolute Gasteiger partial charge is 0.297 e. The lowest BCUT2D eigenvalue weighted by Gasteiger charge is -2.14. The van der Waals surface area contributed by atoms with Gasteiger partial charge in [-0.3, -0.25) is 9.88 Å². The van der Waals surface area contributed by atoms with E-state index in [-0.39, 0.29) is 0 Å². The van der Waals surface area contributed by atoms with Crippen LogP contribution in [-0.2, 0) is 6.54 Å². The van der Waals surface area contributed by atoms with Gasteiger partial charge < -0.3 is 0 Å². The zero-order valence-electron chi connectivity index (χ0n) is 9.28. The van der Waals surface area contributed by atoms with E-state index >= 15 is 0 Å². The van der Waals surface area contributed by atoms with Crippen LogP contribution >= 0.6 is 15.9 Å². The highest BCUT2D eigenvalue weighted by molar-refractivity contribution is 9.10. The molecule has 2 rings (SSSR count). The fourth-order valence-corrected chi connectivity index (χ4v) is 2.34. The molecule has 2 nitrogen and oxygen atoms in total. The van der Waals surface area contributed by atoms with Crippen LogP contribution in [0.4, 0.5) is 0 Å². The molecule has 1 fully saturated rings. The van der Waals surface area contributed by atoms with Crippen molar-refractivity contribution >= 4 is 15.9 Å². The molecule has 1 aromatic heterocycles. The molecule has 3 heteroatoms. The predicted octanol–water partition coefficient (Wildman–Crippen LogP) is 2.93. The summed E-state index contributed by atoms with van der Waals surface area (Å²) < 4.78 is 1.05. The van der Waals surface area contributed by atoms with E-state index in [4.69, 9.17) is 0 Å². The normalized spacial score (nSPS) is 27.1.